The molecule has 3 N–H and O–H groups in total. The molecule has 3 aromatic rings. The number of anilines is 2. The molecule has 2 heterocycles. The summed E-state index contributed by atoms with van der Waals surface area (Å²) in [7, 11) is 3.96. The van der Waals surface area contributed by atoms with Crippen LogP contribution in [-0.2, 0) is 10.5 Å². The normalized spacial score (nSPS) is 10.8. The van der Waals surface area contributed by atoms with Crippen molar-refractivity contribution in [3.63, 3.8) is 0 Å². The molecule has 2 amide bonds. The van der Waals surface area contributed by atoms with Crippen molar-refractivity contribution in [3.8, 4) is 0 Å². The van der Waals surface area contributed by atoms with Crippen molar-refractivity contribution < 1.29 is 9.59 Å². The predicted molar refractivity (Wildman–Crippen MR) is 137 cm³/mol. The van der Waals surface area contributed by atoms with E-state index in [9.17, 15) is 9.59 Å². The van der Waals surface area contributed by atoms with E-state index in [0.29, 0.717) is 32.9 Å². The standard InChI is InChI=1S/C24H27ClN6O2S/c1-31(2)13-12-26-15-22(32)30-21-14-17(9-11-27-21)16-34-24-20(4-3-10-28-24)23(33)29-19-7-5-18(25)6-8-19/h3-11,14,26H,12-13,15-16H2,1-2H3,(H,29,33)(H,27,30,32). The summed E-state index contributed by atoms with van der Waals surface area (Å²) in [6.45, 7) is 1.79. The second-order valence-electron chi connectivity index (χ2n) is 7.68. The number of hydrogen-bond acceptors (Lipinski definition) is 7. The number of nitrogens with one attached hydrogen (secondary N) is 3. The van der Waals surface area contributed by atoms with Crippen LogP contribution in [0, 0.1) is 0 Å². The van der Waals surface area contributed by atoms with Crippen molar-refractivity contribution in [1.29, 1.82) is 0 Å². The van der Waals surface area contributed by atoms with Crippen LogP contribution in [0.4, 0.5) is 11.5 Å². The van der Waals surface area contributed by atoms with Gasteiger partial charge >= 0.3 is 0 Å². The first-order valence-corrected chi connectivity index (χ1v) is 12.0. The lowest BCUT2D eigenvalue weighted by atomic mass is 10.2. The van der Waals surface area contributed by atoms with Crippen LogP contribution in [0.2, 0.25) is 5.02 Å². The fraction of sp³-hybridized carbons (Fsp3) is 0.250. The Morgan fingerprint density at radius 3 is 2.59 bits per heavy atom. The van der Waals surface area contributed by atoms with Gasteiger partial charge in [-0.1, -0.05) is 11.6 Å². The van der Waals surface area contributed by atoms with Crippen molar-refractivity contribution in [2.24, 2.45) is 0 Å². The molecule has 0 saturated carbocycles. The van der Waals surface area contributed by atoms with Crippen molar-refractivity contribution in [2.45, 2.75) is 10.8 Å². The van der Waals surface area contributed by atoms with E-state index in [-0.39, 0.29) is 18.4 Å². The third-order valence-electron chi connectivity index (χ3n) is 4.61. The molecule has 10 heteroatoms. The maximum atomic E-state index is 12.8. The van der Waals surface area contributed by atoms with Crippen molar-refractivity contribution in [3.05, 3.63) is 77.1 Å². The zero-order valence-electron chi connectivity index (χ0n) is 19.0. The fourth-order valence-corrected chi connectivity index (χ4v) is 3.95. The highest BCUT2D eigenvalue weighted by Crippen LogP contribution is 2.26. The summed E-state index contributed by atoms with van der Waals surface area (Å²) in [5.74, 6) is 0.647. The van der Waals surface area contributed by atoms with Crippen LogP contribution in [-0.4, -0.2) is 60.4 Å². The molecule has 34 heavy (non-hydrogen) atoms. The van der Waals surface area contributed by atoms with Gasteiger partial charge in [-0.3, -0.25) is 9.59 Å². The summed E-state index contributed by atoms with van der Waals surface area (Å²) in [6.07, 6.45) is 3.31. The van der Waals surface area contributed by atoms with Gasteiger partial charge in [0.25, 0.3) is 5.91 Å². The van der Waals surface area contributed by atoms with E-state index in [0.717, 1.165) is 18.7 Å². The summed E-state index contributed by atoms with van der Waals surface area (Å²) >= 11 is 7.35. The summed E-state index contributed by atoms with van der Waals surface area (Å²) in [5, 5.41) is 9.98. The number of pyridine rings is 2. The number of thioether (sulfide) groups is 1. The molecule has 0 atom stereocenters. The van der Waals surface area contributed by atoms with Crippen molar-refractivity contribution >= 4 is 46.7 Å². The predicted octanol–water partition coefficient (Wildman–Crippen LogP) is 3.76. The number of carbonyl (C=O) groups is 2. The smallest absolute Gasteiger partial charge is 0.258 e. The van der Waals surface area contributed by atoms with E-state index in [2.05, 4.69) is 25.9 Å². The average Bonchev–Trinajstić information content (AvgIpc) is 2.82. The maximum absolute atomic E-state index is 12.8. The molecule has 0 saturated heterocycles. The Kier molecular flexibility index (Phi) is 9.84. The van der Waals surface area contributed by atoms with Gasteiger partial charge in [-0.05, 0) is 68.2 Å². The fourth-order valence-electron chi connectivity index (χ4n) is 2.89. The van der Waals surface area contributed by atoms with Crippen LogP contribution in [0.5, 0.6) is 0 Å². The summed E-state index contributed by atoms with van der Waals surface area (Å²) < 4.78 is 0. The van der Waals surface area contributed by atoms with Crippen LogP contribution in [0.15, 0.2) is 66.0 Å². The van der Waals surface area contributed by atoms with Gasteiger partial charge in [0.05, 0.1) is 12.1 Å². The van der Waals surface area contributed by atoms with E-state index in [1.807, 2.05) is 31.1 Å². The Bertz CT molecular complexity index is 1110. The molecule has 0 radical (unpaired) electrons. The van der Waals surface area contributed by atoms with E-state index in [1.54, 1.807) is 48.8 Å². The molecule has 0 aliphatic rings. The lowest BCUT2D eigenvalue weighted by molar-refractivity contribution is -0.115. The number of carbonyl (C=O) groups excluding carboxylic acids is 2. The number of hydrogen-bond donors (Lipinski definition) is 3. The topological polar surface area (TPSA) is 99.3 Å². The maximum Gasteiger partial charge on any atom is 0.258 e. The first kappa shape index (κ1) is 25.6. The molecule has 2 aromatic heterocycles. The van der Waals surface area contributed by atoms with Crippen LogP contribution < -0.4 is 16.0 Å². The highest BCUT2D eigenvalue weighted by atomic mass is 35.5. The Morgan fingerprint density at radius 2 is 1.82 bits per heavy atom. The second kappa shape index (κ2) is 13.0. The zero-order valence-corrected chi connectivity index (χ0v) is 20.6. The van der Waals surface area contributed by atoms with Crippen LogP contribution >= 0.6 is 23.4 Å². The Morgan fingerprint density at radius 1 is 1.03 bits per heavy atom. The van der Waals surface area contributed by atoms with E-state index in [4.69, 9.17) is 11.6 Å². The van der Waals surface area contributed by atoms with E-state index < -0.39 is 0 Å². The van der Waals surface area contributed by atoms with E-state index in [1.165, 1.54) is 11.8 Å². The summed E-state index contributed by atoms with van der Waals surface area (Å²) in [6, 6.07) is 14.1. The molecule has 0 spiro atoms. The lowest BCUT2D eigenvalue weighted by Crippen LogP contribution is -2.33. The summed E-state index contributed by atoms with van der Waals surface area (Å²) in [4.78, 5) is 35.6. The van der Waals surface area contributed by atoms with Crippen molar-refractivity contribution in [2.75, 3.05) is 44.4 Å². The van der Waals surface area contributed by atoms with Gasteiger partial charge in [0.15, 0.2) is 0 Å². The van der Waals surface area contributed by atoms with Gasteiger partial charge in [-0.2, -0.15) is 0 Å². The largest absolute Gasteiger partial charge is 0.322 e. The molecular weight excluding hydrogens is 472 g/mol. The molecule has 0 fully saturated rings. The Labute approximate surface area is 208 Å². The number of nitrogens with zero attached hydrogens (tertiary/aromatic N) is 3. The van der Waals surface area contributed by atoms with Gasteiger partial charge < -0.3 is 20.9 Å². The first-order valence-electron chi connectivity index (χ1n) is 10.7. The number of aromatic nitrogens is 2. The molecule has 8 nitrogen and oxygen atoms in total. The zero-order chi connectivity index (χ0) is 24.3. The van der Waals surface area contributed by atoms with E-state index >= 15 is 0 Å². The Balaban J connectivity index is 1.57. The Hall–Kier alpha value is -2.98. The van der Waals surface area contributed by atoms with Gasteiger partial charge in [0.2, 0.25) is 5.91 Å². The van der Waals surface area contributed by atoms with Crippen LogP contribution in [0.3, 0.4) is 0 Å². The number of amides is 2. The minimum Gasteiger partial charge on any atom is -0.322 e. The number of rotatable bonds is 11. The highest BCUT2D eigenvalue weighted by Gasteiger charge is 2.14. The quantitative estimate of drug-likeness (QED) is 0.273. The second-order valence-corrected chi connectivity index (χ2v) is 9.08. The van der Waals surface area contributed by atoms with Gasteiger partial charge in [0, 0.05) is 41.9 Å². The average molecular weight is 499 g/mol. The highest BCUT2D eigenvalue weighted by molar-refractivity contribution is 7.98. The number of halogens is 1. The molecule has 3 rings (SSSR count). The van der Waals surface area contributed by atoms with Gasteiger partial charge in [-0.25, -0.2) is 9.97 Å². The lowest BCUT2D eigenvalue weighted by Gasteiger charge is -2.11. The summed E-state index contributed by atoms with van der Waals surface area (Å²) in [5.41, 5.74) is 2.08. The number of benzene rings is 1. The van der Waals surface area contributed by atoms with Gasteiger partial charge in [-0.15, -0.1) is 11.8 Å². The molecule has 0 unspecified atom stereocenters. The van der Waals surface area contributed by atoms with Crippen molar-refractivity contribution in [1.82, 2.24) is 20.2 Å². The first-order chi connectivity index (χ1) is 16.4. The van der Waals surface area contributed by atoms with Crippen LogP contribution in [0.1, 0.15) is 15.9 Å². The minimum absolute atomic E-state index is 0.151. The number of likely N-dealkylation sites (N-methyl/N-ethyl adjacent to an activating group) is 1. The third kappa shape index (κ3) is 8.42. The molecule has 0 bridgehead atoms. The molecule has 1 aromatic carbocycles. The molecule has 178 valence electrons. The third-order valence-corrected chi connectivity index (χ3v) is 5.94. The SMILES string of the molecule is CN(C)CCNCC(=O)Nc1cc(CSc2ncccc2C(=O)Nc2ccc(Cl)cc2)ccn1. The monoisotopic (exact) mass is 498 g/mol. The van der Waals surface area contributed by atoms with Crippen LogP contribution in [0.25, 0.3) is 0 Å². The van der Waals surface area contributed by atoms with Gasteiger partial charge in [0.1, 0.15) is 10.8 Å². The molecule has 0 aliphatic heterocycles. The molecule has 0 aliphatic carbocycles. The minimum atomic E-state index is -0.248. The molecular formula is C24H27ClN6O2S.